The van der Waals surface area contributed by atoms with Crippen molar-refractivity contribution in [2.24, 2.45) is 0 Å². The predicted octanol–water partition coefficient (Wildman–Crippen LogP) is 11.8. The molecule has 0 spiro atoms. The van der Waals surface area contributed by atoms with Crippen LogP contribution in [0.4, 0.5) is 17.1 Å². The van der Waals surface area contributed by atoms with E-state index in [-0.39, 0.29) is 9.79 Å². The lowest BCUT2D eigenvalue weighted by Gasteiger charge is -2.46. The molecule has 0 radical (unpaired) electrons. The standard InChI is InChI=1S/C49H34N2O2S/c52-54(53,39-31-27-37(28-32-39)50-45-23-11-7-19-41(45)42-20-8-12-24-46(42)50)40-33-29-38(30-34-40)51-47-25-13-9-21-43(47)49(35-15-3-1-4-16-35,36-17-5-2-6-18-36)44-22-10-14-26-48(44)51/h1-34H. The number of anilines is 3. The highest BCUT2D eigenvalue weighted by Crippen LogP contribution is 2.57. The molecule has 0 saturated carbocycles. The van der Waals surface area contributed by atoms with Crippen molar-refractivity contribution in [1.82, 2.24) is 4.57 Å². The monoisotopic (exact) mass is 714 g/mol. The van der Waals surface area contributed by atoms with Gasteiger partial charge in [-0.2, -0.15) is 0 Å². The molecule has 1 aliphatic rings. The number of nitrogens with zero attached hydrogens (tertiary/aromatic N) is 2. The first-order valence-electron chi connectivity index (χ1n) is 18.1. The van der Waals surface area contributed by atoms with Crippen molar-refractivity contribution in [2.75, 3.05) is 4.90 Å². The van der Waals surface area contributed by atoms with E-state index in [2.05, 4.69) is 143 Å². The quantitative estimate of drug-likeness (QED) is 0.172. The van der Waals surface area contributed by atoms with Crippen LogP contribution in [0.1, 0.15) is 22.3 Å². The van der Waals surface area contributed by atoms with Gasteiger partial charge < -0.3 is 9.47 Å². The predicted molar refractivity (Wildman–Crippen MR) is 219 cm³/mol. The molecule has 1 aliphatic heterocycles. The van der Waals surface area contributed by atoms with Crippen LogP contribution < -0.4 is 4.90 Å². The fourth-order valence-corrected chi connectivity index (χ4v) is 9.84. The summed E-state index contributed by atoms with van der Waals surface area (Å²) in [5.74, 6) is 0. The number of sulfone groups is 1. The van der Waals surface area contributed by atoms with E-state index in [1.54, 1.807) is 24.3 Å². The van der Waals surface area contributed by atoms with Gasteiger partial charge in [-0.05, 0) is 95.1 Å². The Morgan fingerprint density at radius 2 is 0.759 bits per heavy atom. The Morgan fingerprint density at radius 1 is 0.370 bits per heavy atom. The normalized spacial score (nSPS) is 13.4. The molecule has 0 N–H and O–H groups in total. The van der Waals surface area contributed by atoms with E-state index in [0.29, 0.717) is 0 Å². The van der Waals surface area contributed by atoms with Gasteiger partial charge in [-0.1, -0.05) is 133 Å². The molecule has 0 unspecified atom stereocenters. The number of fused-ring (bicyclic) bond motifs is 5. The molecule has 8 aromatic carbocycles. The number of hydrogen-bond acceptors (Lipinski definition) is 3. The Bertz CT molecular complexity index is 2790. The largest absolute Gasteiger partial charge is 0.310 e. The van der Waals surface area contributed by atoms with E-state index >= 15 is 0 Å². The van der Waals surface area contributed by atoms with Crippen molar-refractivity contribution in [1.29, 1.82) is 0 Å². The highest BCUT2D eigenvalue weighted by Gasteiger charge is 2.46. The fraction of sp³-hybridized carbons (Fsp3) is 0.0204. The van der Waals surface area contributed by atoms with E-state index < -0.39 is 15.3 Å². The summed E-state index contributed by atoms with van der Waals surface area (Å²) in [6.07, 6.45) is 0. The summed E-state index contributed by atoms with van der Waals surface area (Å²) in [4.78, 5) is 2.76. The Labute approximate surface area is 314 Å². The fourth-order valence-electron chi connectivity index (χ4n) is 8.57. The molecule has 10 rings (SSSR count). The number of hydrogen-bond donors (Lipinski definition) is 0. The van der Waals surface area contributed by atoms with Crippen molar-refractivity contribution in [2.45, 2.75) is 15.2 Å². The summed E-state index contributed by atoms with van der Waals surface area (Å²) in [6.45, 7) is 0. The molecule has 9 aromatic rings. The lowest BCUT2D eigenvalue weighted by molar-refractivity contribution is 0.596. The van der Waals surface area contributed by atoms with E-state index in [9.17, 15) is 8.42 Å². The van der Waals surface area contributed by atoms with E-state index in [1.165, 1.54) is 11.1 Å². The van der Waals surface area contributed by atoms with Crippen molar-refractivity contribution in [3.63, 3.8) is 0 Å². The lowest BCUT2D eigenvalue weighted by Crippen LogP contribution is -2.37. The molecule has 0 aliphatic carbocycles. The molecule has 1 aromatic heterocycles. The zero-order chi connectivity index (χ0) is 36.3. The Balaban J connectivity index is 1.05. The van der Waals surface area contributed by atoms with Gasteiger partial charge in [0.2, 0.25) is 9.84 Å². The molecule has 0 saturated heterocycles. The first kappa shape index (κ1) is 32.0. The number of para-hydroxylation sites is 4. The summed E-state index contributed by atoms with van der Waals surface area (Å²) in [5.41, 5.74) is 10.1. The van der Waals surface area contributed by atoms with Gasteiger partial charge in [0.05, 0.1) is 37.6 Å². The van der Waals surface area contributed by atoms with Crippen LogP contribution in [0.25, 0.3) is 27.5 Å². The summed E-state index contributed by atoms with van der Waals surface area (Å²) in [7, 11) is -3.80. The average Bonchev–Trinajstić information content (AvgIpc) is 3.58. The molecule has 54 heavy (non-hydrogen) atoms. The smallest absolute Gasteiger partial charge is 0.206 e. The Hall–Kier alpha value is -6.69. The van der Waals surface area contributed by atoms with E-state index in [0.717, 1.165) is 55.7 Å². The van der Waals surface area contributed by atoms with E-state index in [1.807, 2.05) is 48.5 Å². The molecule has 0 amide bonds. The SMILES string of the molecule is O=S(=O)(c1ccc(N2c3ccccc3C(c3ccccc3)(c3ccccc3)c3ccccc32)cc1)c1ccc(-n2c3ccccc3c3ccccc32)cc1. The average molecular weight is 715 g/mol. The molecule has 5 heteroatoms. The summed E-state index contributed by atoms with van der Waals surface area (Å²) < 4.78 is 30.4. The zero-order valence-corrected chi connectivity index (χ0v) is 30.1. The highest BCUT2D eigenvalue weighted by molar-refractivity contribution is 7.91. The van der Waals surface area contributed by atoms with Crippen molar-refractivity contribution in [3.05, 3.63) is 229 Å². The third kappa shape index (κ3) is 4.72. The third-order valence-corrected chi connectivity index (χ3v) is 12.7. The van der Waals surface area contributed by atoms with Crippen molar-refractivity contribution >= 4 is 48.7 Å². The molecule has 0 fully saturated rings. The minimum Gasteiger partial charge on any atom is -0.310 e. The van der Waals surface area contributed by atoms with Gasteiger partial charge in [-0.3, -0.25) is 0 Å². The first-order chi connectivity index (χ1) is 26.6. The van der Waals surface area contributed by atoms with Gasteiger partial charge >= 0.3 is 0 Å². The number of rotatable bonds is 6. The topological polar surface area (TPSA) is 42.3 Å². The van der Waals surface area contributed by atoms with Crippen LogP contribution in [0, 0.1) is 0 Å². The second-order valence-electron chi connectivity index (χ2n) is 13.7. The number of aromatic nitrogens is 1. The molecule has 0 atom stereocenters. The maximum absolute atomic E-state index is 14.1. The van der Waals surface area contributed by atoms with Crippen LogP contribution in [-0.2, 0) is 15.3 Å². The second kappa shape index (κ2) is 12.5. The number of benzene rings is 8. The van der Waals surface area contributed by atoms with Gasteiger partial charge in [0, 0.05) is 22.1 Å². The van der Waals surface area contributed by atoms with Gasteiger partial charge in [-0.25, -0.2) is 8.42 Å². The molecule has 0 bridgehead atoms. The second-order valence-corrected chi connectivity index (χ2v) is 15.7. The van der Waals surface area contributed by atoms with Crippen LogP contribution in [0.5, 0.6) is 0 Å². The molecular weight excluding hydrogens is 681 g/mol. The molecule has 4 nitrogen and oxygen atoms in total. The lowest BCUT2D eigenvalue weighted by atomic mass is 9.62. The highest BCUT2D eigenvalue weighted by atomic mass is 32.2. The molecular formula is C49H34N2O2S. The Kier molecular flexibility index (Phi) is 7.39. The van der Waals surface area contributed by atoms with Crippen LogP contribution in [0.15, 0.2) is 216 Å². The molecule has 2 heterocycles. The summed E-state index contributed by atoms with van der Waals surface area (Å²) >= 11 is 0. The minimum absolute atomic E-state index is 0.248. The van der Waals surface area contributed by atoms with Crippen molar-refractivity contribution < 1.29 is 8.42 Å². The van der Waals surface area contributed by atoms with Gasteiger partial charge in [0.15, 0.2) is 0 Å². The van der Waals surface area contributed by atoms with Gasteiger partial charge in [0.25, 0.3) is 0 Å². The van der Waals surface area contributed by atoms with Gasteiger partial charge in [-0.15, -0.1) is 0 Å². The van der Waals surface area contributed by atoms with Crippen LogP contribution >= 0.6 is 0 Å². The first-order valence-corrected chi connectivity index (χ1v) is 19.6. The third-order valence-electron chi connectivity index (χ3n) is 10.9. The zero-order valence-electron chi connectivity index (χ0n) is 29.2. The maximum atomic E-state index is 14.1. The van der Waals surface area contributed by atoms with Crippen LogP contribution in [0.2, 0.25) is 0 Å². The Morgan fingerprint density at radius 3 is 1.24 bits per heavy atom. The molecule has 258 valence electrons. The van der Waals surface area contributed by atoms with Crippen molar-refractivity contribution in [3.8, 4) is 5.69 Å². The van der Waals surface area contributed by atoms with Crippen LogP contribution in [0.3, 0.4) is 0 Å². The minimum atomic E-state index is -3.80. The van der Waals surface area contributed by atoms with Crippen LogP contribution in [-0.4, -0.2) is 13.0 Å². The van der Waals surface area contributed by atoms with E-state index in [4.69, 9.17) is 0 Å². The maximum Gasteiger partial charge on any atom is 0.206 e. The summed E-state index contributed by atoms with van der Waals surface area (Å²) in [6, 6.07) is 69.7. The van der Waals surface area contributed by atoms with Gasteiger partial charge in [0.1, 0.15) is 0 Å². The summed E-state index contributed by atoms with van der Waals surface area (Å²) in [5, 5.41) is 2.32.